The number of carbonyl (C=O) groups excluding carboxylic acids is 1. The third-order valence-corrected chi connectivity index (χ3v) is 7.16. The van der Waals surface area contributed by atoms with Crippen molar-refractivity contribution in [3.05, 3.63) is 95.3 Å². The lowest BCUT2D eigenvalue weighted by Crippen LogP contribution is -2.40. The Hall–Kier alpha value is -3.43. The molecule has 0 spiro atoms. The minimum absolute atomic E-state index is 0.0522. The molecule has 0 bridgehead atoms. The smallest absolute Gasteiger partial charge is 0.303 e. The first-order valence-corrected chi connectivity index (χ1v) is 12.0. The van der Waals surface area contributed by atoms with E-state index in [-0.39, 0.29) is 24.2 Å². The van der Waals surface area contributed by atoms with Crippen LogP contribution in [0.2, 0.25) is 0 Å². The third-order valence-electron chi connectivity index (χ3n) is 5.36. The first-order chi connectivity index (χ1) is 16.1. The number of carbonyl (C=O) groups is 1. The lowest BCUT2D eigenvalue weighted by molar-refractivity contribution is 0.0939. The van der Waals surface area contributed by atoms with Crippen LogP contribution in [-0.4, -0.2) is 39.8 Å². The van der Waals surface area contributed by atoms with Gasteiger partial charge in [-0.15, -0.1) is 0 Å². The normalized spacial score (nSPS) is 12.3. The predicted molar refractivity (Wildman–Crippen MR) is 131 cm³/mol. The van der Waals surface area contributed by atoms with Gasteiger partial charge in [0.2, 0.25) is 0 Å². The maximum Gasteiger partial charge on any atom is 0.303 e. The number of nitrogens with one attached hydrogen (secondary N) is 1. The van der Waals surface area contributed by atoms with Crippen molar-refractivity contribution >= 4 is 21.8 Å². The Morgan fingerprint density at radius 2 is 1.62 bits per heavy atom. The predicted octanol–water partition coefficient (Wildman–Crippen LogP) is 4.14. The minimum Gasteiger partial charge on any atom is -0.496 e. The molecule has 1 atom stereocenters. The average Bonchev–Trinajstić information content (AvgIpc) is 2.83. The second-order valence-electron chi connectivity index (χ2n) is 7.88. The van der Waals surface area contributed by atoms with Crippen molar-refractivity contribution in [1.82, 2.24) is 9.62 Å². The van der Waals surface area contributed by atoms with Gasteiger partial charge in [-0.3, -0.25) is 9.10 Å². The van der Waals surface area contributed by atoms with Crippen LogP contribution in [0.15, 0.2) is 72.8 Å². The highest BCUT2D eigenvalue weighted by Crippen LogP contribution is 2.26. The van der Waals surface area contributed by atoms with E-state index in [9.17, 15) is 17.6 Å². The van der Waals surface area contributed by atoms with Crippen molar-refractivity contribution in [2.75, 3.05) is 25.5 Å². The molecule has 0 aliphatic rings. The summed E-state index contributed by atoms with van der Waals surface area (Å²) in [6, 6.07) is 19.4. The molecule has 0 saturated heterocycles. The maximum absolute atomic E-state index is 14.4. The SMILES string of the molecule is COc1ccccc1[C@@H](C)NC(=O)c1ccc(CN(c2ccccc2F)S(=O)(=O)N(C)C)cc1. The molecule has 3 rings (SSSR count). The highest BCUT2D eigenvalue weighted by Gasteiger charge is 2.27. The molecule has 0 radical (unpaired) electrons. The lowest BCUT2D eigenvalue weighted by atomic mass is 10.1. The number of methoxy groups -OCH3 is 1. The molecule has 0 aliphatic carbocycles. The van der Waals surface area contributed by atoms with Crippen molar-refractivity contribution in [3.63, 3.8) is 0 Å². The van der Waals surface area contributed by atoms with Gasteiger partial charge in [-0.25, -0.2) is 4.39 Å². The second-order valence-corrected chi connectivity index (χ2v) is 9.95. The van der Waals surface area contributed by atoms with Gasteiger partial charge < -0.3 is 10.1 Å². The molecule has 0 heterocycles. The Labute approximate surface area is 200 Å². The van der Waals surface area contributed by atoms with E-state index in [4.69, 9.17) is 4.74 Å². The summed E-state index contributed by atoms with van der Waals surface area (Å²) in [5.41, 5.74) is 1.81. The summed E-state index contributed by atoms with van der Waals surface area (Å²) < 4.78 is 47.6. The van der Waals surface area contributed by atoms with Crippen molar-refractivity contribution in [3.8, 4) is 5.75 Å². The van der Waals surface area contributed by atoms with E-state index in [0.717, 1.165) is 14.2 Å². The molecule has 7 nitrogen and oxygen atoms in total. The number of hydrogen-bond acceptors (Lipinski definition) is 4. The molecule has 3 aromatic carbocycles. The fraction of sp³-hybridized carbons (Fsp3) is 0.240. The van der Waals surface area contributed by atoms with E-state index in [1.54, 1.807) is 37.4 Å². The summed E-state index contributed by atoms with van der Waals surface area (Å²) in [6.07, 6.45) is 0. The van der Waals surface area contributed by atoms with Crippen LogP contribution in [0.3, 0.4) is 0 Å². The number of nitrogens with zero attached hydrogens (tertiary/aromatic N) is 2. The molecular weight excluding hydrogens is 457 g/mol. The van der Waals surface area contributed by atoms with E-state index in [1.807, 2.05) is 31.2 Å². The van der Waals surface area contributed by atoms with Gasteiger partial charge in [0.15, 0.2) is 0 Å². The first kappa shape index (κ1) is 25.2. The Morgan fingerprint density at radius 1 is 1.00 bits per heavy atom. The number of halogens is 1. The molecule has 3 aromatic rings. The molecule has 1 amide bonds. The minimum atomic E-state index is -3.96. The average molecular weight is 486 g/mol. The number of para-hydroxylation sites is 2. The van der Waals surface area contributed by atoms with Crippen LogP contribution in [0.4, 0.5) is 10.1 Å². The largest absolute Gasteiger partial charge is 0.496 e. The Bertz CT molecular complexity index is 1250. The van der Waals surface area contributed by atoms with Crippen LogP contribution < -0.4 is 14.4 Å². The zero-order valence-electron chi connectivity index (χ0n) is 19.5. The molecule has 0 aromatic heterocycles. The topological polar surface area (TPSA) is 79.0 Å². The third kappa shape index (κ3) is 5.55. The zero-order chi connectivity index (χ0) is 24.9. The quantitative estimate of drug-likeness (QED) is 0.494. The number of hydrogen-bond donors (Lipinski definition) is 1. The maximum atomic E-state index is 14.4. The fourth-order valence-electron chi connectivity index (χ4n) is 3.45. The molecule has 0 unspecified atom stereocenters. The monoisotopic (exact) mass is 485 g/mol. The van der Waals surface area contributed by atoms with Crippen LogP contribution in [0.5, 0.6) is 5.75 Å². The van der Waals surface area contributed by atoms with Crippen LogP contribution in [0.25, 0.3) is 0 Å². The molecule has 9 heteroatoms. The van der Waals surface area contributed by atoms with Crippen LogP contribution >= 0.6 is 0 Å². The molecule has 180 valence electrons. The molecular formula is C25H28FN3O4S. The number of amides is 1. The Kier molecular flexibility index (Phi) is 7.90. The highest BCUT2D eigenvalue weighted by molar-refractivity contribution is 7.90. The van der Waals surface area contributed by atoms with E-state index in [2.05, 4.69) is 5.32 Å². The summed E-state index contributed by atoms with van der Waals surface area (Å²) >= 11 is 0. The Balaban J connectivity index is 1.79. The number of anilines is 1. The summed E-state index contributed by atoms with van der Waals surface area (Å²) in [4.78, 5) is 12.8. The van der Waals surface area contributed by atoms with Gasteiger partial charge in [0, 0.05) is 25.2 Å². The first-order valence-electron chi connectivity index (χ1n) is 10.6. The van der Waals surface area contributed by atoms with E-state index >= 15 is 0 Å². The summed E-state index contributed by atoms with van der Waals surface area (Å²) in [5, 5.41) is 2.94. The molecule has 0 aliphatic heterocycles. The molecule has 34 heavy (non-hydrogen) atoms. The van der Waals surface area contributed by atoms with Crippen molar-refractivity contribution in [2.24, 2.45) is 0 Å². The van der Waals surface area contributed by atoms with Gasteiger partial charge in [-0.2, -0.15) is 12.7 Å². The van der Waals surface area contributed by atoms with Gasteiger partial charge in [-0.1, -0.05) is 42.5 Å². The van der Waals surface area contributed by atoms with Crippen LogP contribution in [-0.2, 0) is 16.8 Å². The molecule has 0 saturated carbocycles. The van der Waals surface area contributed by atoms with E-state index in [0.29, 0.717) is 16.9 Å². The number of ether oxygens (including phenoxy) is 1. The standard InChI is InChI=1S/C25H28FN3O4S/c1-18(21-9-5-8-12-24(21)33-4)27-25(30)20-15-13-19(14-16-20)17-29(34(31,32)28(2)3)23-11-7-6-10-22(23)26/h5-16,18H,17H2,1-4H3,(H,27,30)/t18-/m1/s1. The summed E-state index contributed by atoms with van der Waals surface area (Å²) in [5.74, 6) is -0.243. The van der Waals surface area contributed by atoms with Crippen LogP contribution in [0.1, 0.15) is 34.5 Å². The zero-order valence-corrected chi connectivity index (χ0v) is 20.3. The van der Waals surface area contributed by atoms with Gasteiger partial charge >= 0.3 is 10.2 Å². The van der Waals surface area contributed by atoms with E-state index in [1.165, 1.54) is 32.3 Å². The molecule has 1 N–H and O–H groups in total. The van der Waals surface area contributed by atoms with Crippen molar-refractivity contribution in [1.29, 1.82) is 0 Å². The summed E-state index contributed by atoms with van der Waals surface area (Å²) in [6.45, 7) is 1.77. The van der Waals surface area contributed by atoms with Crippen LogP contribution in [0, 0.1) is 5.82 Å². The summed E-state index contributed by atoms with van der Waals surface area (Å²) in [7, 11) is 0.397. The highest BCUT2D eigenvalue weighted by atomic mass is 32.2. The fourth-order valence-corrected chi connectivity index (χ4v) is 4.55. The number of rotatable bonds is 9. The van der Waals surface area contributed by atoms with Gasteiger partial charge in [0.1, 0.15) is 11.6 Å². The second kappa shape index (κ2) is 10.7. The van der Waals surface area contributed by atoms with Crippen molar-refractivity contribution in [2.45, 2.75) is 19.5 Å². The Morgan fingerprint density at radius 3 is 2.24 bits per heavy atom. The molecule has 0 fully saturated rings. The van der Waals surface area contributed by atoms with Gasteiger partial charge in [0.05, 0.1) is 25.4 Å². The number of benzene rings is 3. The van der Waals surface area contributed by atoms with Gasteiger partial charge in [0.25, 0.3) is 5.91 Å². The lowest BCUT2D eigenvalue weighted by Gasteiger charge is -2.27. The van der Waals surface area contributed by atoms with Crippen molar-refractivity contribution < 1.29 is 22.3 Å². The van der Waals surface area contributed by atoms with E-state index < -0.39 is 16.0 Å². The van der Waals surface area contributed by atoms with Gasteiger partial charge in [-0.05, 0) is 42.8 Å².